The fourth-order valence-corrected chi connectivity index (χ4v) is 1.91. The largest absolute Gasteiger partial charge is 0.435 e. The van der Waals surface area contributed by atoms with Crippen molar-refractivity contribution in [3.05, 3.63) is 39.8 Å². The summed E-state index contributed by atoms with van der Waals surface area (Å²) in [7, 11) is 0. The molecule has 7 nitrogen and oxygen atoms in total. The first-order valence-electron chi connectivity index (χ1n) is 5.63. The topological polar surface area (TPSA) is 107 Å². The number of pyridine rings is 1. The predicted octanol–water partition coefficient (Wildman–Crippen LogP) is 2.14. The van der Waals surface area contributed by atoms with E-state index in [1.54, 1.807) is 26.1 Å². The summed E-state index contributed by atoms with van der Waals surface area (Å²) >= 11 is 3.30. The first-order chi connectivity index (χ1) is 9.52. The Bertz CT molecular complexity index is 675. The Hall–Kier alpha value is -2.22. The van der Waals surface area contributed by atoms with E-state index in [1.165, 1.54) is 6.20 Å². The third kappa shape index (κ3) is 2.85. The number of halogens is 1. The van der Waals surface area contributed by atoms with Crippen LogP contribution in [0.25, 0.3) is 0 Å². The van der Waals surface area contributed by atoms with Crippen LogP contribution in [0.1, 0.15) is 16.8 Å². The van der Waals surface area contributed by atoms with E-state index in [1.807, 2.05) is 0 Å². The minimum atomic E-state index is -0.0848. The number of hydrogen-bond acceptors (Lipinski definition) is 6. The smallest absolute Gasteiger partial charge is 0.250 e. The van der Waals surface area contributed by atoms with Gasteiger partial charge in [-0.2, -0.15) is 5.10 Å². The lowest BCUT2D eigenvalue weighted by Gasteiger charge is -2.12. The Morgan fingerprint density at radius 2 is 2.10 bits per heavy atom. The van der Waals surface area contributed by atoms with Gasteiger partial charge in [0.15, 0.2) is 5.84 Å². The predicted molar refractivity (Wildman–Crippen MR) is 76.0 cm³/mol. The molecule has 0 aromatic carbocycles. The lowest BCUT2D eigenvalue weighted by Crippen LogP contribution is -2.18. The Labute approximate surface area is 123 Å². The zero-order valence-electron chi connectivity index (χ0n) is 10.8. The molecular formula is C12H12BrN5O2. The summed E-state index contributed by atoms with van der Waals surface area (Å²) in [5, 5.41) is 19.8. The molecule has 0 atom stereocenters. The van der Waals surface area contributed by atoms with Crippen LogP contribution in [0.5, 0.6) is 11.6 Å². The summed E-state index contributed by atoms with van der Waals surface area (Å²) in [6.45, 7) is 3.57. The number of nitrogens with zero attached hydrogens (tertiary/aromatic N) is 4. The minimum absolute atomic E-state index is 0.0848. The average Bonchev–Trinajstić information content (AvgIpc) is 2.42. The van der Waals surface area contributed by atoms with Crippen LogP contribution in [0, 0.1) is 13.8 Å². The van der Waals surface area contributed by atoms with Gasteiger partial charge in [0.05, 0.1) is 17.5 Å². The van der Waals surface area contributed by atoms with Crippen LogP contribution in [0.15, 0.2) is 28.1 Å². The second kappa shape index (κ2) is 5.83. The van der Waals surface area contributed by atoms with E-state index in [2.05, 4.69) is 36.3 Å². The van der Waals surface area contributed by atoms with Crippen LogP contribution < -0.4 is 10.5 Å². The van der Waals surface area contributed by atoms with Gasteiger partial charge in [0, 0.05) is 10.7 Å². The number of amidine groups is 1. The van der Waals surface area contributed by atoms with Crippen molar-refractivity contribution in [2.45, 2.75) is 13.8 Å². The lowest BCUT2D eigenvalue weighted by molar-refractivity contribution is 0.318. The number of rotatable bonds is 3. The molecule has 0 spiro atoms. The van der Waals surface area contributed by atoms with Crippen molar-refractivity contribution >= 4 is 21.8 Å². The summed E-state index contributed by atoms with van der Waals surface area (Å²) in [4.78, 5) is 3.98. The Morgan fingerprint density at radius 1 is 1.35 bits per heavy atom. The first-order valence-corrected chi connectivity index (χ1v) is 6.42. The molecular weight excluding hydrogens is 326 g/mol. The molecule has 2 heterocycles. The molecule has 0 fully saturated rings. The zero-order chi connectivity index (χ0) is 14.7. The molecule has 2 rings (SSSR count). The van der Waals surface area contributed by atoms with Crippen LogP contribution >= 0.6 is 15.9 Å². The SMILES string of the molecule is Cc1nnc(Oc2cncc(Br)c2)c(C(N)=NO)c1C. The first kappa shape index (κ1) is 14.2. The summed E-state index contributed by atoms with van der Waals surface area (Å²) in [6.07, 6.45) is 3.15. The standard InChI is InChI=1S/C12H12BrN5O2/c1-6-7(2)16-17-12(10(6)11(14)18-19)20-9-3-8(13)4-15-5-9/h3-5,19H,1-2H3,(H2,14,18). The van der Waals surface area contributed by atoms with Crippen LogP contribution in [0.3, 0.4) is 0 Å². The number of oxime groups is 1. The highest BCUT2D eigenvalue weighted by atomic mass is 79.9. The van der Waals surface area contributed by atoms with Gasteiger partial charge in [-0.1, -0.05) is 5.16 Å². The van der Waals surface area contributed by atoms with Crippen molar-refractivity contribution in [3.63, 3.8) is 0 Å². The van der Waals surface area contributed by atoms with Gasteiger partial charge in [0.25, 0.3) is 0 Å². The molecule has 0 aliphatic rings. The van der Waals surface area contributed by atoms with Gasteiger partial charge in [0.2, 0.25) is 5.88 Å². The molecule has 104 valence electrons. The third-order valence-corrected chi connectivity index (χ3v) is 3.11. The minimum Gasteiger partial charge on any atom is -0.435 e. The van der Waals surface area contributed by atoms with Crippen molar-refractivity contribution in [1.82, 2.24) is 15.2 Å². The lowest BCUT2D eigenvalue weighted by atomic mass is 10.1. The monoisotopic (exact) mass is 337 g/mol. The van der Waals surface area contributed by atoms with E-state index in [-0.39, 0.29) is 11.7 Å². The van der Waals surface area contributed by atoms with Crippen LogP contribution in [-0.4, -0.2) is 26.2 Å². The summed E-state index contributed by atoms with van der Waals surface area (Å²) < 4.78 is 6.37. The maximum atomic E-state index is 8.88. The van der Waals surface area contributed by atoms with Crippen LogP contribution in [0.2, 0.25) is 0 Å². The molecule has 2 aromatic heterocycles. The molecule has 0 unspecified atom stereocenters. The highest BCUT2D eigenvalue weighted by Crippen LogP contribution is 2.26. The van der Waals surface area contributed by atoms with Crippen molar-refractivity contribution in [2.24, 2.45) is 10.9 Å². The second-order valence-corrected chi connectivity index (χ2v) is 4.93. The molecule has 0 saturated carbocycles. The van der Waals surface area contributed by atoms with E-state index < -0.39 is 0 Å². The van der Waals surface area contributed by atoms with Crippen molar-refractivity contribution in [3.8, 4) is 11.6 Å². The molecule has 3 N–H and O–H groups in total. The maximum absolute atomic E-state index is 8.88. The normalized spacial score (nSPS) is 11.4. The highest BCUT2D eigenvalue weighted by Gasteiger charge is 2.17. The number of nitrogens with two attached hydrogens (primary N) is 1. The number of ether oxygens (including phenoxy) is 1. The van der Waals surface area contributed by atoms with Gasteiger partial charge in [0.1, 0.15) is 5.75 Å². The highest BCUT2D eigenvalue weighted by molar-refractivity contribution is 9.10. The number of hydrogen-bond donors (Lipinski definition) is 2. The molecule has 20 heavy (non-hydrogen) atoms. The summed E-state index contributed by atoms with van der Waals surface area (Å²) in [5.41, 5.74) is 7.48. The van der Waals surface area contributed by atoms with Gasteiger partial charge in [-0.15, -0.1) is 5.10 Å². The van der Waals surface area contributed by atoms with Crippen molar-refractivity contribution in [1.29, 1.82) is 0 Å². The van der Waals surface area contributed by atoms with Gasteiger partial charge < -0.3 is 15.7 Å². The quantitative estimate of drug-likeness (QED) is 0.384. The molecule has 0 radical (unpaired) electrons. The van der Waals surface area contributed by atoms with Crippen LogP contribution in [-0.2, 0) is 0 Å². The van der Waals surface area contributed by atoms with Gasteiger partial charge in [-0.3, -0.25) is 4.98 Å². The van der Waals surface area contributed by atoms with Gasteiger partial charge >= 0.3 is 0 Å². The Kier molecular flexibility index (Phi) is 4.14. The van der Waals surface area contributed by atoms with E-state index in [0.29, 0.717) is 17.0 Å². The van der Waals surface area contributed by atoms with E-state index >= 15 is 0 Å². The van der Waals surface area contributed by atoms with E-state index in [9.17, 15) is 0 Å². The maximum Gasteiger partial charge on any atom is 0.250 e. The van der Waals surface area contributed by atoms with Crippen molar-refractivity contribution in [2.75, 3.05) is 0 Å². The number of aromatic nitrogens is 3. The van der Waals surface area contributed by atoms with Crippen LogP contribution in [0.4, 0.5) is 0 Å². The molecule has 8 heteroatoms. The molecule has 0 aliphatic heterocycles. The summed E-state index contributed by atoms with van der Waals surface area (Å²) in [6, 6.07) is 1.72. The van der Waals surface area contributed by atoms with Crippen molar-refractivity contribution < 1.29 is 9.94 Å². The second-order valence-electron chi connectivity index (χ2n) is 4.02. The van der Waals surface area contributed by atoms with E-state index in [4.69, 9.17) is 15.7 Å². The molecule has 0 aliphatic carbocycles. The Balaban J connectivity index is 2.49. The molecule has 0 saturated heterocycles. The fourth-order valence-electron chi connectivity index (χ4n) is 1.57. The van der Waals surface area contributed by atoms with E-state index in [0.717, 1.165) is 10.0 Å². The fraction of sp³-hybridized carbons (Fsp3) is 0.167. The summed E-state index contributed by atoms with van der Waals surface area (Å²) in [5.74, 6) is 0.533. The molecule has 0 bridgehead atoms. The zero-order valence-corrected chi connectivity index (χ0v) is 12.4. The van der Waals surface area contributed by atoms with Gasteiger partial charge in [-0.05, 0) is 41.4 Å². The third-order valence-electron chi connectivity index (χ3n) is 2.68. The van der Waals surface area contributed by atoms with Gasteiger partial charge in [-0.25, -0.2) is 0 Å². The molecule has 0 amide bonds. The number of aryl methyl sites for hydroxylation is 1. The molecule has 2 aromatic rings. The average molecular weight is 338 g/mol. The Morgan fingerprint density at radius 3 is 2.75 bits per heavy atom.